The summed E-state index contributed by atoms with van der Waals surface area (Å²) >= 11 is 0.763. The molecule has 1 aromatic heterocycles. The van der Waals surface area contributed by atoms with Crippen molar-refractivity contribution in [3.63, 3.8) is 0 Å². The smallest absolute Gasteiger partial charge is 0.350 e. The summed E-state index contributed by atoms with van der Waals surface area (Å²) in [5.74, 6) is -0.530. The molecule has 0 radical (unpaired) electrons. The van der Waals surface area contributed by atoms with Crippen molar-refractivity contribution < 1.29 is 18.0 Å². The molecule has 0 aliphatic carbocycles. The number of nitrogens with one attached hydrogen (secondary N) is 1. The minimum absolute atomic E-state index is 0.0352. The summed E-state index contributed by atoms with van der Waals surface area (Å²) in [5.41, 5.74) is 4.60. The molecule has 1 heterocycles. The van der Waals surface area contributed by atoms with Crippen LogP contribution in [0.2, 0.25) is 0 Å². The normalized spacial score (nSPS) is 13.6. The van der Waals surface area contributed by atoms with Gasteiger partial charge in [0.1, 0.15) is 0 Å². The van der Waals surface area contributed by atoms with Crippen LogP contribution in [0.15, 0.2) is 11.4 Å². The van der Waals surface area contributed by atoms with E-state index in [9.17, 15) is 18.0 Å². The van der Waals surface area contributed by atoms with Crippen molar-refractivity contribution in [3.05, 3.63) is 21.9 Å². The number of carbonyl (C=O) groups excluding carboxylic acids is 1. The van der Waals surface area contributed by atoms with Gasteiger partial charge in [-0.3, -0.25) is 4.79 Å². The summed E-state index contributed by atoms with van der Waals surface area (Å²) in [7, 11) is 0. The first kappa shape index (κ1) is 13.0. The Kier molecular flexibility index (Phi) is 3.93. The van der Waals surface area contributed by atoms with E-state index in [-0.39, 0.29) is 17.5 Å². The molecular weight excluding hydrogens is 241 g/mol. The van der Waals surface area contributed by atoms with Gasteiger partial charge in [0, 0.05) is 18.0 Å². The fraction of sp³-hybridized carbons (Fsp3) is 0.444. The van der Waals surface area contributed by atoms with Crippen LogP contribution in [0.5, 0.6) is 0 Å². The molecular formula is C9H11F3N2OS. The van der Waals surface area contributed by atoms with Gasteiger partial charge in [-0.2, -0.15) is 13.2 Å². The lowest BCUT2D eigenvalue weighted by Crippen LogP contribution is -2.34. The number of amides is 1. The maximum atomic E-state index is 12.2. The number of alkyl halides is 3. The highest BCUT2D eigenvalue weighted by molar-refractivity contribution is 7.12. The molecule has 0 saturated carbocycles. The molecule has 0 aromatic carbocycles. The lowest BCUT2D eigenvalue weighted by molar-refractivity contribution is -0.137. The van der Waals surface area contributed by atoms with Gasteiger partial charge in [0.25, 0.3) is 5.91 Å². The van der Waals surface area contributed by atoms with Crippen molar-refractivity contribution in [2.24, 2.45) is 5.73 Å². The first-order valence-corrected chi connectivity index (χ1v) is 5.38. The average molecular weight is 252 g/mol. The molecule has 0 aliphatic heterocycles. The first-order chi connectivity index (χ1) is 7.30. The third-order valence-electron chi connectivity index (χ3n) is 1.74. The monoisotopic (exact) mass is 252 g/mol. The van der Waals surface area contributed by atoms with Crippen LogP contribution in [-0.4, -0.2) is 18.5 Å². The Labute approximate surface area is 94.4 Å². The quantitative estimate of drug-likeness (QED) is 0.862. The summed E-state index contributed by atoms with van der Waals surface area (Å²) in [4.78, 5) is 11.4. The molecule has 1 unspecified atom stereocenters. The molecule has 1 amide bonds. The van der Waals surface area contributed by atoms with E-state index in [1.807, 2.05) is 0 Å². The molecule has 7 heteroatoms. The van der Waals surface area contributed by atoms with E-state index in [1.165, 1.54) is 0 Å². The Bertz CT molecular complexity index is 373. The van der Waals surface area contributed by atoms with Crippen molar-refractivity contribution in [3.8, 4) is 0 Å². The number of carbonyl (C=O) groups is 1. The Hall–Kier alpha value is -1.08. The van der Waals surface area contributed by atoms with Crippen LogP contribution < -0.4 is 11.1 Å². The molecule has 90 valence electrons. The number of hydrogen-bond acceptors (Lipinski definition) is 3. The number of thiophene rings is 1. The second-order valence-electron chi connectivity index (χ2n) is 3.38. The van der Waals surface area contributed by atoms with Crippen LogP contribution in [0.1, 0.15) is 22.2 Å². The van der Waals surface area contributed by atoms with Crippen LogP contribution in [0.3, 0.4) is 0 Å². The number of halogens is 3. The van der Waals surface area contributed by atoms with Gasteiger partial charge in [-0.05, 0) is 13.0 Å². The number of rotatable bonds is 3. The molecule has 3 nitrogen and oxygen atoms in total. The van der Waals surface area contributed by atoms with Gasteiger partial charge in [-0.25, -0.2) is 0 Å². The van der Waals surface area contributed by atoms with Crippen molar-refractivity contribution in [1.29, 1.82) is 0 Å². The van der Waals surface area contributed by atoms with E-state index in [2.05, 4.69) is 5.32 Å². The second-order valence-corrected chi connectivity index (χ2v) is 4.30. The van der Waals surface area contributed by atoms with E-state index in [1.54, 1.807) is 6.92 Å². The van der Waals surface area contributed by atoms with Gasteiger partial charge in [-0.15, -0.1) is 11.3 Å². The lowest BCUT2D eigenvalue weighted by Gasteiger charge is -2.05. The van der Waals surface area contributed by atoms with Crippen LogP contribution in [0, 0.1) is 0 Å². The predicted octanol–water partition coefficient (Wildman–Crippen LogP) is 1.84. The van der Waals surface area contributed by atoms with E-state index in [0.29, 0.717) is 0 Å². The van der Waals surface area contributed by atoms with Crippen LogP contribution in [0.4, 0.5) is 13.2 Å². The maximum absolute atomic E-state index is 12.2. The Morgan fingerprint density at radius 3 is 2.69 bits per heavy atom. The van der Waals surface area contributed by atoms with Crippen LogP contribution >= 0.6 is 11.3 Å². The summed E-state index contributed by atoms with van der Waals surface area (Å²) < 4.78 is 36.7. The Balaban J connectivity index is 2.67. The highest BCUT2D eigenvalue weighted by Crippen LogP contribution is 2.32. The zero-order valence-electron chi connectivity index (χ0n) is 8.47. The van der Waals surface area contributed by atoms with Gasteiger partial charge < -0.3 is 11.1 Å². The molecule has 16 heavy (non-hydrogen) atoms. The third kappa shape index (κ3) is 3.49. The fourth-order valence-corrected chi connectivity index (χ4v) is 1.77. The summed E-state index contributed by atoms with van der Waals surface area (Å²) in [5, 5.41) is 3.36. The molecule has 0 aliphatic rings. The van der Waals surface area contributed by atoms with Crippen LogP contribution in [-0.2, 0) is 6.18 Å². The molecule has 0 fully saturated rings. The molecule has 1 rings (SSSR count). The molecule has 3 N–H and O–H groups in total. The van der Waals surface area contributed by atoms with Gasteiger partial charge in [0.05, 0.1) is 10.4 Å². The van der Waals surface area contributed by atoms with E-state index in [4.69, 9.17) is 5.73 Å². The summed E-state index contributed by atoms with van der Waals surface area (Å²) in [6.07, 6.45) is -4.41. The van der Waals surface area contributed by atoms with Crippen molar-refractivity contribution in [1.82, 2.24) is 5.32 Å². The minimum atomic E-state index is -4.41. The molecule has 1 atom stereocenters. The largest absolute Gasteiger partial charge is 0.417 e. The predicted molar refractivity (Wildman–Crippen MR) is 55.3 cm³/mol. The Morgan fingerprint density at radius 2 is 2.25 bits per heavy atom. The van der Waals surface area contributed by atoms with Crippen molar-refractivity contribution in [2.45, 2.75) is 19.1 Å². The average Bonchev–Trinajstić information content (AvgIpc) is 2.61. The molecule has 0 saturated heterocycles. The van der Waals surface area contributed by atoms with E-state index >= 15 is 0 Å². The first-order valence-electron chi connectivity index (χ1n) is 4.50. The molecule has 0 bridgehead atoms. The van der Waals surface area contributed by atoms with Gasteiger partial charge in [0.2, 0.25) is 0 Å². The maximum Gasteiger partial charge on any atom is 0.417 e. The van der Waals surface area contributed by atoms with Gasteiger partial charge in [-0.1, -0.05) is 0 Å². The lowest BCUT2D eigenvalue weighted by atomic mass is 10.3. The zero-order chi connectivity index (χ0) is 12.3. The van der Waals surface area contributed by atoms with E-state index < -0.39 is 17.6 Å². The van der Waals surface area contributed by atoms with Crippen molar-refractivity contribution in [2.75, 3.05) is 6.54 Å². The second kappa shape index (κ2) is 4.84. The van der Waals surface area contributed by atoms with Gasteiger partial charge in [0.15, 0.2) is 0 Å². The summed E-state index contributed by atoms with van der Waals surface area (Å²) in [6, 6.07) is 0.604. The zero-order valence-corrected chi connectivity index (χ0v) is 9.28. The SMILES string of the molecule is CC(N)CNC(=O)c1cc(C(F)(F)F)cs1. The highest BCUT2D eigenvalue weighted by atomic mass is 32.1. The molecule has 0 spiro atoms. The van der Waals surface area contributed by atoms with Gasteiger partial charge >= 0.3 is 6.18 Å². The summed E-state index contributed by atoms with van der Waals surface area (Å²) in [6.45, 7) is 1.92. The highest BCUT2D eigenvalue weighted by Gasteiger charge is 2.32. The molecule has 1 aromatic rings. The van der Waals surface area contributed by atoms with Crippen molar-refractivity contribution >= 4 is 17.2 Å². The number of hydrogen-bond donors (Lipinski definition) is 2. The topological polar surface area (TPSA) is 55.1 Å². The van der Waals surface area contributed by atoms with E-state index in [0.717, 1.165) is 22.8 Å². The minimum Gasteiger partial charge on any atom is -0.350 e. The number of nitrogens with two attached hydrogens (primary N) is 1. The standard InChI is InChI=1S/C9H11F3N2OS/c1-5(13)3-14-8(15)7-2-6(4-16-7)9(10,11)12/h2,4-5H,3,13H2,1H3,(H,14,15). The van der Waals surface area contributed by atoms with Crippen LogP contribution in [0.25, 0.3) is 0 Å². The third-order valence-corrected chi connectivity index (χ3v) is 2.66. The Morgan fingerprint density at radius 1 is 1.62 bits per heavy atom. The fourth-order valence-electron chi connectivity index (χ4n) is 0.945.